The molecule has 5 rings (SSSR count). The van der Waals surface area contributed by atoms with Crippen molar-refractivity contribution in [1.29, 1.82) is 0 Å². The number of aromatic nitrogens is 4. The molecule has 4 aromatic rings. The zero-order valence-corrected chi connectivity index (χ0v) is 20.8. The van der Waals surface area contributed by atoms with Crippen LogP contribution in [-0.2, 0) is 9.84 Å². The van der Waals surface area contributed by atoms with Crippen LogP contribution in [0.2, 0.25) is 0 Å². The maximum atomic E-state index is 11.6. The van der Waals surface area contributed by atoms with Crippen LogP contribution in [0.3, 0.4) is 0 Å². The normalized spacial score (nSPS) is 15.4. The fourth-order valence-electron chi connectivity index (χ4n) is 3.82. The summed E-state index contributed by atoms with van der Waals surface area (Å²) in [5, 5.41) is 5.03. The highest BCUT2D eigenvalue weighted by Crippen LogP contribution is 2.35. The van der Waals surface area contributed by atoms with E-state index in [0.29, 0.717) is 11.6 Å². The van der Waals surface area contributed by atoms with Crippen LogP contribution < -0.4 is 9.64 Å². The smallest absolute Gasteiger partial charge is 0.229 e. The third-order valence-electron chi connectivity index (χ3n) is 5.78. The molecule has 0 bridgehead atoms. The number of sulfone groups is 1. The summed E-state index contributed by atoms with van der Waals surface area (Å²) in [4.78, 5) is 17.2. The van der Waals surface area contributed by atoms with Crippen LogP contribution in [0.5, 0.6) is 11.6 Å². The second-order valence-corrected chi connectivity index (χ2v) is 11.7. The first kappa shape index (κ1) is 22.7. The van der Waals surface area contributed by atoms with E-state index >= 15 is 0 Å². The summed E-state index contributed by atoms with van der Waals surface area (Å²) in [7, 11) is -3.25. The van der Waals surface area contributed by atoms with Crippen LogP contribution in [0.4, 0.5) is 5.13 Å². The monoisotopic (exact) mass is 499 g/mol. The van der Waals surface area contributed by atoms with Gasteiger partial charge in [0.2, 0.25) is 11.8 Å². The van der Waals surface area contributed by atoms with Gasteiger partial charge in [0.25, 0.3) is 0 Å². The van der Waals surface area contributed by atoms with Crippen LogP contribution in [0, 0.1) is 0 Å². The van der Waals surface area contributed by atoms with Gasteiger partial charge in [-0.05, 0) is 43.2 Å². The number of thiazole rings is 1. The minimum atomic E-state index is -3.25. The fourth-order valence-corrected chi connectivity index (χ4v) is 5.43. The van der Waals surface area contributed by atoms with E-state index in [9.17, 15) is 8.42 Å². The molecule has 0 radical (unpaired) electrons. The number of piperidine rings is 1. The van der Waals surface area contributed by atoms with Gasteiger partial charge in [0, 0.05) is 37.2 Å². The van der Waals surface area contributed by atoms with E-state index in [2.05, 4.69) is 33.9 Å². The van der Waals surface area contributed by atoms with Crippen molar-refractivity contribution >= 4 is 36.7 Å². The Kier molecular flexibility index (Phi) is 5.98. The van der Waals surface area contributed by atoms with E-state index in [-0.39, 0.29) is 16.7 Å². The number of pyridine rings is 1. The zero-order chi connectivity index (χ0) is 23.9. The molecule has 1 aliphatic rings. The molecule has 9 nitrogen and oxygen atoms in total. The maximum Gasteiger partial charge on any atom is 0.229 e. The molecular weight excluding hydrogens is 474 g/mol. The summed E-state index contributed by atoms with van der Waals surface area (Å²) in [6.07, 6.45) is 3.04. The molecule has 0 N–H and O–H groups in total. The van der Waals surface area contributed by atoms with Crippen molar-refractivity contribution in [2.24, 2.45) is 0 Å². The van der Waals surface area contributed by atoms with Crippen molar-refractivity contribution in [3.8, 4) is 11.6 Å². The minimum Gasteiger partial charge on any atom is -0.439 e. The fraction of sp³-hybridized carbons (Fsp3) is 0.391. The molecule has 1 aromatic carbocycles. The van der Waals surface area contributed by atoms with Crippen LogP contribution >= 0.6 is 11.3 Å². The van der Waals surface area contributed by atoms with E-state index in [0.717, 1.165) is 53.1 Å². The Balaban J connectivity index is 1.26. The van der Waals surface area contributed by atoms with Gasteiger partial charge in [0.1, 0.15) is 16.1 Å². The van der Waals surface area contributed by atoms with Gasteiger partial charge in [0.15, 0.2) is 20.8 Å². The molecule has 0 saturated carbocycles. The van der Waals surface area contributed by atoms with E-state index in [1.165, 1.54) is 29.7 Å². The Morgan fingerprint density at radius 2 is 1.79 bits per heavy atom. The Morgan fingerprint density at radius 1 is 1.06 bits per heavy atom. The molecular formula is C23H25N5O4S2. The first-order valence-corrected chi connectivity index (χ1v) is 13.8. The Hall–Kier alpha value is -3.05. The topological polar surface area (TPSA) is 111 Å². The average molecular weight is 500 g/mol. The highest BCUT2D eigenvalue weighted by molar-refractivity contribution is 7.90. The second-order valence-electron chi connectivity index (χ2n) is 8.72. The number of nitrogens with zero attached hydrogens (tertiary/aromatic N) is 5. The maximum absolute atomic E-state index is 11.6. The number of benzene rings is 1. The molecule has 1 fully saturated rings. The summed E-state index contributed by atoms with van der Waals surface area (Å²) in [6, 6.07) is 9.95. The predicted molar refractivity (Wildman–Crippen MR) is 130 cm³/mol. The van der Waals surface area contributed by atoms with Gasteiger partial charge in [-0.15, -0.1) is 0 Å². The Bertz CT molecular complexity index is 1400. The first-order valence-electron chi connectivity index (χ1n) is 11.1. The molecule has 178 valence electrons. The van der Waals surface area contributed by atoms with E-state index in [4.69, 9.17) is 14.2 Å². The molecule has 0 atom stereocenters. The van der Waals surface area contributed by atoms with Crippen molar-refractivity contribution in [3.05, 3.63) is 48.1 Å². The largest absolute Gasteiger partial charge is 0.439 e. The van der Waals surface area contributed by atoms with Crippen molar-refractivity contribution in [1.82, 2.24) is 20.1 Å². The molecule has 1 saturated heterocycles. The van der Waals surface area contributed by atoms with Gasteiger partial charge in [-0.25, -0.2) is 18.4 Å². The molecule has 0 spiro atoms. The Labute approximate surface area is 201 Å². The lowest BCUT2D eigenvalue weighted by molar-refractivity contribution is 0.326. The van der Waals surface area contributed by atoms with E-state index in [1.807, 2.05) is 6.07 Å². The lowest BCUT2D eigenvalue weighted by Gasteiger charge is -2.29. The van der Waals surface area contributed by atoms with Crippen molar-refractivity contribution in [2.75, 3.05) is 24.2 Å². The number of rotatable bonds is 6. The average Bonchev–Trinajstić information content (AvgIpc) is 3.46. The highest BCUT2D eigenvalue weighted by Gasteiger charge is 2.27. The number of fused-ring (bicyclic) bond motifs is 1. The highest BCUT2D eigenvalue weighted by atomic mass is 32.2. The number of hydrogen-bond acceptors (Lipinski definition) is 10. The summed E-state index contributed by atoms with van der Waals surface area (Å²) < 4.78 is 34.6. The van der Waals surface area contributed by atoms with Gasteiger partial charge < -0.3 is 14.2 Å². The third kappa shape index (κ3) is 4.76. The van der Waals surface area contributed by atoms with Crippen LogP contribution in [-0.4, -0.2) is 47.9 Å². The molecule has 3 aromatic heterocycles. The zero-order valence-electron chi connectivity index (χ0n) is 19.1. The second kappa shape index (κ2) is 8.95. The van der Waals surface area contributed by atoms with Crippen molar-refractivity contribution in [2.45, 2.75) is 43.4 Å². The molecule has 34 heavy (non-hydrogen) atoms. The van der Waals surface area contributed by atoms with Gasteiger partial charge in [-0.3, -0.25) is 0 Å². The number of anilines is 1. The van der Waals surface area contributed by atoms with Crippen molar-refractivity contribution in [3.63, 3.8) is 0 Å². The number of ether oxygens (including phenoxy) is 1. The van der Waals surface area contributed by atoms with Gasteiger partial charge in [0.05, 0.1) is 4.90 Å². The molecule has 0 amide bonds. The summed E-state index contributed by atoms with van der Waals surface area (Å²) >= 11 is 1.53. The van der Waals surface area contributed by atoms with Gasteiger partial charge in [-0.1, -0.05) is 30.3 Å². The lowest BCUT2D eigenvalue weighted by atomic mass is 9.97. The van der Waals surface area contributed by atoms with Crippen molar-refractivity contribution < 1.29 is 17.7 Å². The molecule has 11 heteroatoms. The molecule has 0 aliphatic carbocycles. The quantitative estimate of drug-likeness (QED) is 0.370. The molecule has 0 unspecified atom stereocenters. The summed E-state index contributed by atoms with van der Waals surface area (Å²) in [6.45, 7) is 5.84. The van der Waals surface area contributed by atoms with Crippen LogP contribution in [0.15, 0.2) is 45.8 Å². The lowest BCUT2D eigenvalue weighted by Crippen LogP contribution is -2.32. The number of hydrogen-bond donors (Lipinski definition) is 0. The Morgan fingerprint density at radius 3 is 2.44 bits per heavy atom. The van der Waals surface area contributed by atoms with E-state index in [1.54, 1.807) is 18.2 Å². The van der Waals surface area contributed by atoms with Crippen LogP contribution in [0.1, 0.15) is 50.2 Å². The third-order valence-corrected chi connectivity index (χ3v) is 7.94. The first-order chi connectivity index (χ1) is 16.3. The standard InChI is InChI=1S/C23H25N5O4S2/c1-14(2)20-26-21(32-27-20)15-10-12-28(13-11-15)23-24-18-8-9-19(25-22(18)33-23)31-16-4-6-17(7-5-16)34(3,29)30/h4-9,14-15H,10-13H2,1-3H3. The minimum absolute atomic E-state index is 0.249. The molecule has 1 aliphatic heterocycles. The molecule has 4 heterocycles. The summed E-state index contributed by atoms with van der Waals surface area (Å²) in [5.41, 5.74) is 0.820. The van der Waals surface area contributed by atoms with Crippen LogP contribution in [0.25, 0.3) is 10.3 Å². The SMILES string of the molecule is CC(C)c1noc(C2CCN(c3nc4ccc(Oc5ccc(S(C)(=O)=O)cc5)nc4s3)CC2)n1. The van der Waals surface area contributed by atoms with E-state index < -0.39 is 9.84 Å². The predicted octanol–water partition coefficient (Wildman–Crippen LogP) is 4.78. The van der Waals surface area contributed by atoms with Gasteiger partial charge in [-0.2, -0.15) is 4.98 Å². The van der Waals surface area contributed by atoms with Gasteiger partial charge >= 0.3 is 0 Å². The summed E-state index contributed by atoms with van der Waals surface area (Å²) in [5.74, 6) is 2.99.